The number of pyridine rings is 1. The number of imidazole rings is 1. The number of fused-ring (bicyclic) bond motifs is 1. The number of nitrogens with two attached hydrogens (primary N) is 1. The van der Waals surface area contributed by atoms with E-state index in [1.165, 1.54) is 0 Å². The van der Waals surface area contributed by atoms with Gasteiger partial charge in [0, 0.05) is 12.6 Å². The number of nitrogens with zero attached hydrogens (tertiary/aromatic N) is 2. The maximum absolute atomic E-state index is 11.3. The van der Waals surface area contributed by atoms with Gasteiger partial charge in [-0.25, -0.2) is 18.5 Å². The zero-order chi connectivity index (χ0) is 11.1. The van der Waals surface area contributed by atoms with Gasteiger partial charge in [-0.2, -0.15) is 0 Å². The molecule has 15 heavy (non-hydrogen) atoms. The monoisotopic (exact) mass is 225 g/mol. The van der Waals surface area contributed by atoms with Crippen molar-refractivity contribution in [3.63, 3.8) is 0 Å². The van der Waals surface area contributed by atoms with Crippen molar-refractivity contribution in [3.05, 3.63) is 30.2 Å². The first-order valence-corrected chi connectivity index (χ1v) is 6.07. The molecule has 0 aliphatic carbocycles. The summed E-state index contributed by atoms with van der Waals surface area (Å²) in [4.78, 5) is 4.03. The third-order valence-electron chi connectivity index (χ3n) is 2.17. The molecule has 0 aliphatic heterocycles. The fourth-order valence-corrected chi connectivity index (χ4v) is 2.22. The van der Waals surface area contributed by atoms with Crippen LogP contribution in [0.1, 0.15) is 12.7 Å². The zero-order valence-corrected chi connectivity index (χ0v) is 9.03. The number of primary sulfonamides is 1. The summed E-state index contributed by atoms with van der Waals surface area (Å²) < 4.78 is 24.3. The standard InChI is InChI=1S/C9H11N3O2S/c1-2-8-11-9(15(10,13)14)7-5-3-4-6-12(7)8/h3-6H,2H2,1H3,(H2,10,13,14). The number of aryl methyl sites for hydroxylation is 1. The van der Waals surface area contributed by atoms with Crippen molar-refractivity contribution in [1.82, 2.24) is 9.38 Å². The summed E-state index contributed by atoms with van der Waals surface area (Å²) in [6.07, 6.45) is 2.43. The molecule has 2 heterocycles. The number of aromatic nitrogens is 2. The summed E-state index contributed by atoms with van der Waals surface area (Å²) in [5, 5.41) is 5.03. The molecule has 6 heteroatoms. The molecule has 0 atom stereocenters. The van der Waals surface area contributed by atoms with Crippen LogP contribution in [0.25, 0.3) is 5.52 Å². The Balaban J connectivity index is 2.88. The summed E-state index contributed by atoms with van der Waals surface area (Å²) in [6, 6.07) is 5.26. The molecule has 2 rings (SSSR count). The van der Waals surface area contributed by atoms with Crippen LogP contribution in [0.3, 0.4) is 0 Å². The Labute approximate surface area is 87.6 Å². The molecule has 2 N–H and O–H groups in total. The molecule has 2 aromatic rings. The number of sulfonamides is 1. The van der Waals surface area contributed by atoms with Gasteiger partial charge in [-0.1, -0.05) is 13.0 Å². The van der Waals surface area contributed by atoms with Crippen LogP contribution in [0.2, 0.25) is 0 Å². The second-order valence-electron chi connectivity index (χ2n) is 3.19. The molecule has 0 saturated heterocycles. The van der Waals surface area contributed by atoms with E-state index in [0.29, 0.717) is 17.8 Å². The van der Waals surface area contributed by atoms with Gasteiger partial charge < -0.3 is 4.40 Å². The Morgan fingerprint density at radius 2 is 2.20 bits per heavy atom. The maximum atomic E-state index is 11.3. The molecular formula is C9H11N3O2S. The predicted molar refractivity (Wildman–Crippen MR) is 55.9 cm³/mol. The molecule has 80 valence electrons. The van der Waals surface area contributed by atoms with Gasteiger partial charge >= 0.3 is 0 Å². The Morgan fingerprint density at radius 1 is 1.47 bits per heavy atom. The lowest BCUT2D eigenvalue weighted by Gasteiger charge is -1.96. The van der Waals surface area contributed by atoms with E-state index >= 15 is 0 Å². The number of rotatable bonds is 2. The van der Waals surface area contributed by atoms with Crippen LogP contribution in [0.15, 0.2) is 29.4 Å². The Bertz CT molecular complexity index is 601. The lowest BCUT2D eigenvalue weighted by atomic mass is 10.4. The highest BCUT2D eigenvalue weighted by molar-refractivity contribution is 7.89. The highest BCUT2D eigenvalue weighted by Crippen LogP contribution is 2.16. The molecule has 0 bridgehead atoms. The van der Waals surface area contributed by atoms with Gasteiger partial charge in [0.25, 0.3) is 10.0 Å². The fourth-order valence-electron chi connectivity index (χ4n) is 1.53. The van der Waals surface area contributed by atoms with E-state index < -0.39 is 10.0 Å². The molecule has 0 amide bonds. The molecule has 0 spiro atoms. The van der Waals surface area contributed by atoms with Crippen LogP contribution in [-0.2, 0) is 16.4 Å². The summed E-state index contributed by atoms with van der Waals surface area (Å²) >= 11 is 0. The second kappa shape index (κ2) is 3.32. The Morgan fingerprint density at radius 3 is 2.80 bits per heavy atom. The van der Waals surface area contributed by atoms with Gasteiger partial charge in [-0.3, -0.25) is 0 Å². The minimum Gasteiger partial charge on any atom is -0.302 e. The molecule has 2 aromatic heterocycles. The summed E-state index contributed by atoms with van der Waals surface area (Å²) in [5.41, 5.74) is 0.525. The average molecular weight is 225 g/mol. The van der Waals surface area contributed by atoms with Crippen LogP contribution in [0.5, 0.6) is 0 Å². The van der Waals surface area contributed by atoms with Crippen molar-refractivity contribution in [3.8, 4) is 0 Å². The number of hydrogen-bond acceptors (Lipinski definition) is 3. The van der Waals surface area contributed by atoms with Gasteiger partial charge in [0.15, 0.2) is 5.03 Å². The Hall–Kier alpha value is -1.40. The fraction of sp³-hybridized carbons (Fsp3) is 0.222. The van der Waals surface area contributed by atoms with E-state index in [2.05, 4.69) is 4.98 Å². The normalized spacial score (nSPS) is 12.1. The van der Waals surface area contributed by atoms with E-state index in [9.17, 15) is 8.42 Å². The quantitative estimate of drug-likeness (QED) is 0.810. The maximum Gasteiger partial charge on any atom is 0.257 e. The lowest BCUT2D eigenvalue weighted by Crippen LogP contribution is -2.13. The molecule has 5 nitrogen and oxygen atoms in total. The van der Waals surface area contributed by atoms with Crippen LogP contribution in [0.4, 0.5) is 0 Å². The summed E-state index contributed by atoms with van der Waals surface area (Å²) in [5.74, 6) is 0.689. The van der Waals surface area contributed by atoms with E-state index in [1.807, 2.05) is 13.0 Å². The van der Waals surface area contributed by atoms with Crippen molar-refractivity contribution in [2.24, 2.45) is 5.14 Å². The minimum atomic E-state index is -3.75. The van der Waals surface area contributed by atoms with Crippen molar-refractivity contribution in [1.29, 1.82) is 0 Å². The SMILES string of the molecule is CCc1nc(S(N)(=O)=O)c2ccccn12. The minimum absolute atomic E-state index is 0.0556. The van der Waals surface area contributed by atoms with Crippen LogP contribution in [0, 0.1) is 0 Å². The highest BCUT2D eigenvalue weighted by atomic mass is 32.2. The van der Waals surface area contributed by atoms with Crippen LogP contribution >= 0.6 is 0 Å². The van der Waals surface area contributed by atoms with Gasteiger partial charge in [0.2, 0.25) is 0 Å². The molecule has 0 fully saturated rings. The third kappa shape index (κ3) is 1.62. The first-order chi connectivity index (χ1) is 7.04. The molecule has 0 unspecified atom stereocenters. The topological polar surface area (TPSA) is 77.5 Å². The van der Waals surface area contributed by atoms with Crippen LogP contribution < -0.4 is 5.14 Å². The molecule has 0 aliphatic rings. The Kier molecular flexibility index (Phi) is 2.24. The predicted octanol–water partition coefficient (Wildman–Crippen LogP) is 0.544. The van der Waals surface area contributed by atoms with Crippen LogP contribution in [-0.4, -0.2) is 17.8 Å². The smallest absolute Gasteiger partial charge is 0.257 e. The van der Waals surface area contributed by atoms with Crippen molar-refractivity contribution >= 4 is 15.5 Å². The van der Waals surface area contributed by atoms with E-state index in [0.717, 1.165) is 0 Å². The van der Waals surface area contributed by atoms with Crippen molar-refractivity contribution in [2.45, 2.75) is 18.4 Å². The first kappa shape index (κ1) is 10.1. The third-order valence-corrected chi connectivity index (χ3v) is 3.01. The van der Waals surface area contributed by atoms with Gasteiger partial charge in [-0.15, -0.1) is 0 Å². The largest absolute Gasteiger partial charge is 0.302 e. The molecule has 0 aromatic carbocycles. The molecule has 0 radical (unpaired) electrons. The molecular weight excluding hydrogens is 214 g/mol. The summed E-state index contributed by atoms with van der Waals surface area (Å²) in [6.45, 7) is 1.91. The average Bonchev–Trinajstić information content (AvgIpc) is 2.55. The van der Waals surface area contributed by atoms with Crippen molar-refractivity contribution in [2.75, 3.05) is 0 Å². The second-order valence-corrected chi connectivity index (χ2v) is 4.66. The van der Waals surface area contributed by atoms with Crippen molar-refractivity contribution < 1.29 is 8.42 Å². The van der Waals surface area contributed by atoms with Gasteiger partial charge in [-0.05, 0) is 12.1 Å². The van der Waals surface area contributed by atoms with Gasteiger partial charge in [0.05, 0.1) is 5.52 Å². The van der Waals surface area contributed by atoms with E-state index in [4.69, 9.17) is 5.14 Å². The number of hydrogen-bond donors (Lipinski definition) is 1. The summed E-state index contributed by atoms with van der Waals surface area (Å²) in [7, 11) is -3.75. The lowest BCUT2D eigenvalue weighted by molar-refractivity contribution is 0.595. The molecule has 0 saturated carbocycles. The first-order valence-electron chi connectivity index (χ1n) is 4.53. The highest BCUT2D eigenvalue weighted by Gasteiger charge is 2.18. The van der Waals surface area contributed by atoms with Gasteiger partial charge in [0.1, 0.15) is 5.82 Å². The zero-order valence-electron chi connectivity index (χ0n) is 8.21. The van der Waals surface area contributed by atoms with E-state index in [1.54, 1.807) is 22.7 Å². The van der Waals surface area contributed by atoms with E-state index in [-0.39, 0.29) is 5.03 Å².